The number of thiophene rings is 1. The summed E-state index contributed by atoms with van der Waals surface area (Å²) in [4.78, 5) is 31.9. The molecule has 1 aliphatic heterocycles. The molecule has 6 heteroatoms. The molecule has 3 heterocycles. The number of amides is 1. The summed E-state index contributed by atoms with van der Waals surface area (Å²) in [5.74, 6) is 0.677. The van der Waals surface area contributed by atoms with Gasteiger partial charge in [0.05, 0.1) is 10.3 Å². The molecule has 0 atom stereocenters. The lowest BCUT2D eigenvalue weighted by atomic mass is 10.1. The summed E-state index contributed by atoms with van der Waals surface area (Å²) < 4.78 is 1.81. The van der Waals surface area contributed by atoms with E-state index in [9.17, 15) is 9.59 Å². The second-order valence-electron chi connectivity index (χ2n) is 7.23. The molecule has 2 aromatic heterocycles. The Balaban J connectivity index is 1.78. The summed E-state index contributed by atoms with van der Waals surface area (Å²) >= 11 is 1.32. The average Bonchev–Trinajstić information content (AvgIpc) is 2.81. The Labute approximate surface area is 162 Å². The molecule has 1 N–H and O–H groups in total. The lowest BCUT2D eigenvalue weighted by molar-refractivity contribution is 0.103. The van der Waals surface area contributed by atoms with Crippen LogP contribution < -0.4 is 10.9 Å². The van der Waals surface area contributed by atoms with Crippen molar-refractivity contribution in [3.05, 3.63) is 55.9 Å². The van der Waals surface area contributed by atoms with Crippen LogP contribution in [0.3, 0.4) is 0 Å². The fourth-order valence-electron chi connectivity index (χ4n) is 3.69. The van der Waals surface area contributed by atoms with Crippen LogP contribution in [0.2, 0.25) is 0 Å². The molecule has 27 heavy (non-hydrogen) atoms. The summed E-state index contributed by atoms with van der Waals surface area (Å²) in [5.41, 5.74) is 3.71. The first-order chi connectivity index (χ1) is 13.0. The summed E-state index contributed by atoms with van der Waals surface area (Å²) in [6.07, 6.45) is 4.01. The first kappa shape index (κ1) is 17.9. The molecule has 140 valence electrons. The summed E-state index contributed by atoms with van der Waals surface area (Å²) in [7, 11) is 0. The predicted octanol–water partition coefficient (Wildman–Crippen LogP) is 4.36. The van der Waals surface area contributed by atoms with Gasteiger partial charge in [-0.2, -0.15) is 0 Å². The van der Waals surface area contributed by atoms with Crippen LogP contribution in [0.4, 0.5) is 5.69 Å². The van der Waals surface area contributed by atoms with Gasteiger partial charge in [0.2, 0.25) is 0 Å². The van der Waals surface area contributed by atoms with Crippen molar-refractivity contribution < 1.29 is 4.79 Å². The van der Waals surface area contributed by atoms with E-state index in [1.807, 2.05) is 39.0 Å². The topological polar surface area (TPSA) is 64.0 Å². The van der Waals surface area contributed by atoms with E-state index in [1.165, 1.54) is 11.3 Å². The number of fused-ring (bicyclic) bond motifs is 2. The fraction of sp³-hybridized carbons (Fsp3) is 0.381. The van der Waals surface area contributed by atoms with Gasteiger partial charge >= 0.3 is 0 Å². The number of rotatable bonds is 2. The molecular weight excluding hydrogens is 358 g/mol. The van der Waals surface area contributed by atoms with Gasteiger partial charge in [-0.3, -0.25) is 14.2 Å². The fourth-order valence-corrected chi connectivity index (χ4v) is 4.78. The van der Waals surface area contributed by atoms with Crippen LogP contribution in [0.5, 0.6) is 0 Å². The first-order valence-corrected chi connectivity index (χ1v) is 10.2. The molecule has 4 rings (SSSR count). The maximum absolute atomic E-state index is 13.0. The molecule has 1 aliphatic rings. The van der Waals surface area contributed by atoms with Gasteiger partial charge < -0.3 is 5.32 Å². The Hall–Kier alpha value is -2.47. The highest BCUT2D eigenvalue weighted by molar-refractivity contribution is 7.20. The first-order valence-electron chi connectivity index (χ1n) is 9.37. The van der Waals surface area contributed by atoms with E-state index in [-0.39, 0.29) is 11.5 Å². The number of anilines is 1. The molecule has 3 aromatic rings. The number of hydrogen-bond donors (Lipinski definition) is 1. The van der Waals surface area contributed by atoms with E-state index in [0.717, 1.165) is 60.4 Å². The van der Waals surface area contributed by atoms with Gasteiger partial charge in [-0.1, -0.05) is 18.6 Å². The van der Waals surface area contributed by atoms with Crippen molar-refractivity contribution in [1.29, 1.82) is 0 Å². The molecule has 0 saturated heterocycles. The van der Waals surface area contributed by atoms with E-state index in [1.54, 1.807) is 4.57 Å². The smallest absolute Gasteiger partial charge is 0.266 e. The third-order valence-electron chi connectivity index (χ3n) is 5.47. The molecule has 5 nitrogen and oxygen atoms in total. The standard InChI is InChI=1S/C21H23N3O2S/c1-12-8-7-9-15(13(12)2)22-19(25)18-14(3)17-20(27-18)23-16-10-5-4-6-11-24(16)21(17)26/h7-9H,4-6,10-11H2,1-3H3,(H,22,25). The van der Waals surface area contributed by atoms with E-state index in [2.05, 4.69) is 5.32 Å². The van der Waals surface area contributed by atoms with Crippen molar-refractivity contribution in [2.45, 2.75) is 53.0 Å². The molecule has 1 aromatic carbocycles. The van der Waals surface area contributed by atoms with Crippen molar-refractivity contribution >= 4 is 33.1 Å². The average molecular weight is 382 g/mol. The Kier molecular flexibility index (Phi) is 4.60. The quantitative estimate of drug-likeness (QED) is 0.717. The SMILES string of the molecule is Cc1cccc(NC(=O)c2sc3nc4n(c(=O)c3c2C)CCCCC4)c1C. The van der Waals surface area contributed by atoms with Crippen molar-refractivity contribution in [1.82, 2.24) is 9.55 Å². The van der Waals surface area contributed by atoms with Gasteiger partial charge in [0.25, 0.3) is 11.5 Å². The largest absolute Gasteiger partial charge is 0.321 e. The van der Waals surface area contributed by atoms with Gasteiger partial charge in [-0.15, -0.1) is 11.3 Å². The van der Waals surface area contributed by atoms with Crippen LogP contribution in [0.1, 0.15) is 51.4 Å². The van der Waals surface area contributed by atoms with Crippen LogP contribution in [0.25, 0.3) is 10.2 Å². The van der Waals surface area contributed by atoms with E-state index in [4.69, 9.17) is 4.98 Å². The van der Waals surface area contributed by atoms with Crippen LogP contribution in [0, 0.1) is 20.8 Å². The number of aromatic nitrogens is 2. The molecule has 0 unspecified atom stereocenters. The van der Waals surface area contributed by atoms with Gasteiger partial charge in [-0.25, -0.2) is 4.98 Å². The highest BCUT2D eigenvalue weighted by atomic mass is 32.1. The molecule has 1 amide bonds. The normalized spacial score (nSPS) is 14.0. The lowest BCUT2D eigenvalue weighted by Crippen LogP contribution is -2.24. The molecule has 0 bridgehead atoms. The van der Waals surface area contributed by atoms with Crippen LogP contribution >= 0.6 is 11.3 Å². The van der Waals surface area contributed by atoms with Gasteiger partial charge in [-0.05, 0) is 56.4 Å². The molecular formula is C21H23N3O2S. The summed E-state index contributed by atoms with van der Waals surface area (Å²) in [5, 5.41) is 3.60. The van der Waals surface area contributed by atoms with Crippen LogP contribution in [-0.2, 0) is 13.0 Å². The van der Waals surface area contributed by atoms with E-state index < -0.39 is 0 Å². The van der Waals surface area contributed by atoms with E-state index in [0.29, 0.717) is 15.1 Å². The summed E-state index contributed by atoms with van der Waals surface area (Å²) in [6, 6.07) is 5.85. The van der Waals surface area contributed by atoms with Crippen molar-refractivity contribution in [3.8, 4) is 0 Å². The molecule has 0 radical (unpaired) electrons. The maximum atomic E-state index is 13.0. The zero-order valence-electron chi connectivity index (χ0n) is 15.9. The third kappa shape index (κ3) is 3.08. The van der Waals surface area contributed by atoms with Crippen molar-refractivity contribution in [2.75, 3.05) is 5.32 Å². The number of benzene rings is 1. The zero-order chi connectivity index (χ0) is 19.1. The minimum Gasteiger partial charge on any atom is -0.321 e. The maximum Gasteiger partial charge on any atom is 0.266 e. The van der Waals surface area contributed by atoms with Gasteiger partial charge in [0, 0.05) is 18.7 Å². The van der Waals surface area contributed by atoms with Crippen molar-refractivity contribution in [2.24, 2.45) is 0 Å². The Morgan fingerprint density at radius 2 is 1.96 bits per heavy atom. The molecule has 0 saturated carbocycles. The molecule has 0 fully saturated rings. The minimum absolute atomic E-state index is 0.00330. The number of hydrogen-bond acceptors (Lipinski definition) is 4. The number of carbonyl (C=O) groups excluding carboxylic acids is 1. The second-order valence-corrected chi connectivity index (χ2v) is 8.23. The van der Waals surface area contributed by atoms with Crippen LogP contribution in [-0.4, -0.2) is 15.5 Å². The van der Waals surface area contributed by atoms with Crippen molar-refractivity contribution in [3.63, 3.8) is 0 Å². The molecule has 0 spiro atoms. The monoisotopic (exact) mass is 381 g/mol. The van der Waals surface area contributed by atoms with Gasteiger partial charge in [0.1, 0.15) is 10.7 Å². The number of nitrogens with one attached hydrogen (secondary N) is 1. The number of nitrogens with zero attached hydrogens (tertiary/aromatic N) is 2. The molecule has 0 aliphatic carbocycles. The third-order valence-corrected chi connectivity index (χ3v) is 6.66. The summed E-state index contributed by atoms with van der Waals surface area (Å²) in [6.45, 7) is 6.58. The van der Waals surface area contributed by atoms with Gasteiger partial charge in [0.15, 0.2) is 0 Å². The second kappa shape index (κ2) is 6.93. The number of carbonyl (C=O) groups is 1. The number of aryl methyl sites for hydroxylation is 3. The minimum atomic E-state index is -0.177. The Morgan fingerprint density at radius 1 is 1.15 bits per heavy atom. The lowest BCUT2D eigenvalue weighted by Gasteiger charge is -2.10. The highest BCUT2D eigenvalue weighted by Crippen LogP contribution is 2.29. The van der Waals surface area contributed by atoms with E-state index >= 15 is 0 Å². The zero-order valence-corrected chi connectivity index (χ0v) is 16.7. The Bertz CT molecular complexity index is 1110. The Morgan fingerprint density at radius 3 is 2.78 bits per heavy atom. The predicted molar refractivity (Wildman–Crippen MR) is 110 cm³/mol. The van der Waals surface area contributed by atoms with Crippen LogP contribution in [0.15, 0.2) is 23.0 Å². The highest BCUT2D eigenvalue weighted by Gasteiger charge is 2.22.